The minimum absolute atomic E-state index is 0.312. The second-order valence-corrected chi connectivity index (χ2v) is 12.8. The molecule has 18 heteroatoms. The van der Waals surface area contributed by atoms with Crippen molar-refractivity contribution in [1.82, 2.24) is 10.0 Å². The summed E-state index contributed by atoms with van der Waals surface area (Å²) < 4.78 is 70.7. The number of hydrogen-bond acceptors (Lipinski definition) is 6. The zero-order valence-corrected chi connectivity index (χ0v) is 17.5. The highest BCUT2D eigenvalue weighted by Crippen LogP contribution is 2.31. The molecule has 1 aromatic rings. The number of sulfonamides is 3. The summed E-state index contributed by atoms with van der Waals surface area (Å²) in [6, 6.07) is 1.56. The lowest BCUT2D eigenvalue weighted by atomic mass is 10.4. The monoisotopic (exact) mass is 519 g/mol. The summed E-state index contributed by atoms with van der Waals surface area (Å²) in [5, 5.41) is 0. The molecule has 1 aromatic carbocycles. The fourth-order valence-electron chi connectivity index (χ4n) is 1.23. The van der Waals surface area contributed by atoms with Crippen LogP contribution in [0.2, 0.25) is 0 Å². The number of rotatable bonds is 6. The molecular weight excluding hydrogens is 519 g/mol. The van der Waals surface area contributed by atoms with Gasteiger partial charge >= 0.3 is 0 Å². The fourth-order valence-corrected chi connectivity index (χ4v) is 5.02. The first kappa shape index (κ1) is 22.7. The largest absolute Gasteiger partial charge is 0.270 e. The van der Waals surface area contributed by atoms with Gasteiger partial charge in [-0.15, -0.1) is 0 Å². The van der Waals surface area contributed by atoms with Crippen LogP contribution in [-0.2, 0) is 30.1 Å². The lowest BCUT2D eigenvalue weighted by Crippen LogP contribution is -2.19. The molecule has 0 atom stereocenters. The summed E-state index contributed by atoms with van der Waals surface area (Å²) >= 11 is 30.9. The molecule has 0 saturated heterocycles. The molecule has 0 radical (unpaired) electrons. The Labute approximate surface area is 167 Å². The molecule has 0 unspecified atom stereocenters. The molecule has 0 amide bonds. The molecule has 0 aliphatic carbocycles. The average Bonchev–Trinajstić information content (AvgIpc) is 2.46. The summed E-state index contributed by atoms with van der Waals surface area (Å²) in [5.41, 5.74) is 0. The highest BCUT2D eigenvalue weighted by Gasteiger charge is 2.32. The van der Waals surface area contributed by atoms with Gasteiger partial charge in [-0.2, -0.15) is 0 Å². The maximum atomic E-state index is 11.9. The molecule has 0 aromatic heterocycles. The van der Waals surface area contributed by atoms with E-state index in [2.05, 4.69) is 0 Å². The van der Waals surface area contributed by atoms with Crippen molar-refractivity contribution in [2.45, 2.75) is 14.7 Å². The second-order valence-electron chi connectivity index (χ2n) is 3.67. The zero-order valence-electron chi connectivity index (χ0n) is 10.5. The number of benzene rings is 1. The van der Waals surface area contributed by atoms with Crippen LogP contribution in [0.3, 0.4) is 0 Å². The Balaban J connectivity index is 3.91. The van der Waals surface area contributed by atoms with Gasteiger partial charge in [0.2, 0.25) is 0 Å². The summed E-state index contributed by atoms with van der Waals surface area (Å²) in [7, 11) is -14.0. The van der Waals surface area contributed by atoms with E-state index in [9.17, 15) is 25.3 Å². The third kappa shape index (κ3) is 4.50. The molecule has 0 bridgehead atoms. The lowest BCUT2D eigenvalue weighted by molar-refractivity contribution is 0.574. The first-order chi connectivity index (χ1) is 10.6. The van der Waals surface area contributed by atoms with E-state index in [-0.39, 0.29) is 10.0 Å². The minimum Gasteiger partial charge on any atom is -0.204 e. The molecule has 0 saturated carbocycles. The van der Waals surface area contributed by atoms with E-state index in [0.29, 0.717) is 18.2 Å². The van der Waals surface area contributed by atoms with Gasteiger partial charge in [0.1, 0.15) is 0 Å². The van der Waals surface area contributed by atoms with Gasteiger partial charge < -0.3 is 0 Å². The van der Waals surface area contributed by atoms with Crippen LogP contribution in [-0.4, -0.2) is 35.3 Å². The summed E-state index contributed by atoms with van der Waals surface area (Å²) in [6.45, 7) is 0. The van der Waals surface area contributed by atoms with Crippen molar-refractivity contribution in [3.63, 3.8) is 0 Å². The Morgan fingerprint density at radius 3 is 0.792 bits per heavy atom. The van der Waals surface area contributed by atoms with Crippen molar-refractivity contribution in [2.75, 3.05) is 0 Å². The van der Waals surface area contributed by atoms with Crippen LogP contribution in [0.5, 0.6) is 0 Å². The maximum absolute atomic E-state index is 11.9. The van der Waals surface area contributed by atoms with E-state index in [1.54, 1.807) is 0 Å². The molecular formula is C6H3Cl6N3O6S3. The smallest absolute Gasteiger partial charge is 0.204 e. The van der Waals surface area contributed by atoms with E-state index >= 15 is 0 Å². The van der Waals surface area contributed by atoms with E-state index in [1.165, 1.54) is 0 Å². The van der Waals surface area contributed by atoms with Crippen molar-refractivity contribution in [1.29, 1.82) is 0 Å². The van der Waals surface area contributed by atoms with Crippen LogP contribution in [0.25, 0.3) is 0 Å². The highest BCUT2D eigenvalue weighted by molar-refractivity contribution is 7.92. The zero-order chi connectivity index (χ0) is 19.1. The summed E-state index contributed by atoms with van der Waals surface area (Å²) in [4.78, 5) is -2.76. The third-order valence-corrected chi connectivity index (χ3v) is 9.15. The van der Waals surface area contributed by atoms with Crippen molar-refractivity contribution >= 4 is 101 Å². The topological polar surface area (TPSA) is 112 Å². The first-order valence-corrected chi connectivity index (χ1v) is 11.3. The summed E-state index contributed by atoms with van der Waals surface area (Å²) in [5.74, 6) is 0. The molecule has 0 N–H and O–H groups in total. The van der Waals surface area contributed by atoms with Crippen LogP contribution in [0.15, 0.2) is 32.9 Å². The Morgan fingerprint density at radius 2 is 0.667 bits per heavy atom. The maximum Gasteiger partial charge on any atom is 0.270 e. The molecule has 1 rings (SSSR count). The van der Waals surface area contributed by atoms with E-state index in [1.807, 2.05) is 0 Å². The predicted molar refractivity (Wildman–Crippen MR) is 88.6 cm³/mol. The normalized spacial score (nSPS) is 13.9. The second kappa shape index (κ2) is 7.74. The van der Waals surface area contributed by atoms with Crippen LogP contribution in [0, 0.1) is 0 Å². The Morgan fingerprint density at radius 1 is 0.500 bits per heavy atom. The van der Waals surface area contributed by atoms with Crippen molar-refractivity contribution in [3.05, 3.63) is 18.2 Å². The highest BCUT2D eigenvalue weighted by atomic mass is 35.6. The predicted octanol–water partition coefficient (Wildman–Crippen LogP) is 2.58. The van der Waals surface area contributed by atoms with Gasteiger partial charge in [-0.1, -0.05) is 0 Å². The molecule has 9 nitrogen and oxygen atoms in total. The van der Waals surface area contributed by atoms with Gasteiger partial charge in [0.05, 0.1) is 14.7 Å². The van der Waals surface area contributed by atoms with Gasteiger partial charge in [-0.25, -0.2) is 25.3 Å². The van der Waals surface area contributed by atoms with Crippen molar-refractivity contribution in [2.24, 2.45) is 0 Å². The molecule has 24 heavy (non-hydrogen) atoms. The van der Waals surface area contributed by atoms with Crippen LogP contribution in [0.1, 0.15) is 0 Å². The molecule has 0 aliphatic rings. The van der Waals surface area contributed by atoms with Crippen molar-refractivity contribution < 1.29 is 25.3 Å². The Kier molecular flexibility index (Phi) is 7.33. The average molecular weight is 522 g/mol. The third-order valence-electron chi connectivity index (χ3n) is 2.29. The Bertz CT molecular complexity index is 808. The van der Waals surface area contributed by atoms with E-state index in [4.69, 9.17) is 70.7 Å². The standard InChI is InChI=1S/C6H3Cl6N3O6S3/c7-13(8)22(16,17)4-1-5(23(18,19)14(9)10)3-6(2-4)24(20,21)15(11)12/h1-3H. The SMILES string of the molecule is O=S(=O)(c1cc(S(=O)(=O)N(Cl)Cl)cc(S(=O)(=O)N(Cl)Cl)c1)N(Cl)Cl. The number of hydrogen-bond donors (Lipinski definition) is 0. The Hall–Kier alpha value is 0.690. The molecule has 0 fully saturated rings. The van der Waals surface area contributed by atoms with E-state index in [0.717, 1.165) is 0 Å². The van der Waals surface area contributed by atoms with Gasteiger partial charge in [0, 0.05) is 70.7 Å². The van der Waals surface area contributed by atoms with Crippen molar-refractivity contribution in [3.8, 4) is 0 Å². The minimum atomic E-state index is -4.67. The van der Waals surface area contributed by atoms with Gasteiger partial charge in [-0.3, -0.25) is 0 Å². The fraction of sp³-hybridized carbons (Fsp3) is 0. The summed E-state index contributed by atoms with van der Waals surface area (Å²) in [6.07, 6.45) is 0. The molecule has 0 heterocycles. The molecule has 138 valence electrons. The van der Waals surface area contributed by atoms with Gasteiger partial charge in [-0.05, 0) is 28.2 Å². The van der Waals surface area contributed by atoms with Gasteiger partial charge in [0.25, 0.3) is 30.1 Å². The number of halogens is 6. The van der Waals surface area contributed by atoms with Crippen LogP contribution < -0.4 is 0 Å². The van der Waals surface area contributed by atoms with Crippen LogP contribution >= 0.6 is 70.7 Å². The number of nitrogens with zero attached hydrogens (tertiary/aromatic N) is 3. The van der Waals surface area contributed by atoms with E-state index < -0.39 is 44.8 Å². The lowest BCUT2D eigenvalue weighted by Gasteiger charge is -2.13. The quantitative estimate of drug-likeness (QED) is 0.532. The first-order valence-electron chi connectivity index (χ1n) is 4.91. The van der Waals surface area contributed by atoms with Gasteiger partial charge in [0.15, 0.2) is 0 Å². The molecule has 0 aliphatic heterocycles. The molecule has 0 spiro atoms. The van der Waals surface area contributed by atoms with Crippen LogP contribution in [0.4, 0.5) is 0 Å².